The van der Waals surface area contributed by atoms with Crippen molar-refractivity contribution in [3.05, 3.63) is 65.0 Å². The Morgan fingerprint density at radius 3 is 2.44 bits per heavy atom. The molecular weight excluding hydrogens is 222 g/mol. The van der Waals surface area contributed by atoms with Crippen molar-refractivity contribution in [1.29, 1.82) is 0 Å². The summed E-state index contributed by atoms with van der Waals surface area (Å²) in [7, 11) is 0. The first-order chi connectivity index (χ1) is 8.75. The predicted octanol–water partition coefficient (Wildman–Crippen LogP) is 2.99. The molecule has 2 heteroatoms. The molecule has 1 aromatic carbocycles. The Hall–Kier alpha value is -1.96. The SMILES string of the molecule is Cc1ccncc1C(=O)C1Cc2ccccc2C1. The van der Waals surface area contributed by atoms with E-state index in [4.69, 9.17) is 0 Å². The lowest BCUT2D eigenvalue weighted by Gasteiger charge is -2.09. The van der Waals surface area contributed by atoms with Gasteiger partial charge in [-0.25, -0.2) is 0 Å². The smallest absolute Gasteiger partial charge is 0.168 e. The van der Waals surface area contributed by atoms with Crippen LogP contribution in [0.5, 0.6) is 0 Å². The number of hydrogen-bond acceptors (Lipinski definition) is 2. The van der Waals surface area contributed by atoms with Gasteiger partial charge in [-0.2, -0.15) is 0 Å². The molecule has 1 aliphatic rings. The van der Waals surface area contributed by atoms with Gasteiger partial charge >= 0.3 is 0 Å². The number of Topliss-reactive ketones (excluding diaryl/α,β-unsaturated/α-hetero) is 1. The Labute approximate surface area is 107 Å². The Morgan fingerprint density at radius 1 is 1.17 bits per heavy atom. The summed E-state index contributed by atoms with van der Waals surface area (Å²) in [4.78, 5) is 16.6. The Balaban J connectivity index is 1.87. The second kappa shape index (κ2) is 4.37. The van der Waals surface area contributed by atoms with Gasteiger partial charge < -0.3 is 0 Å². The number of rotatable bonds is 2. The summed E-state index contributed by atoms with van der Waals surface area (Å²) < 4.78 is 0. The minimum Gasteiger partial charge on any atom is -0.294 e. The summed E-state index contributed by atoms with van der Waals surface area (Å²) in [5.41, 5.74) is 4.43. The quantitative estimate of drug-likeness (QED) is 0.751. The third-order valence-corrected chi connectivity index (χ3v) is 3.73. The number of carbonyl (C=O) groups excluding carboxylic acids is 1. The predicted molar refractivity (Wildman–Crippen MR) is 70.6 cm³/mol. The van der Waals surface area contributed by atoms with E-state index in [-0.39, 0.29) is 11.7 Å². The van der Waals surface area contributed by atoms with Crippen molar-refractivity contribution in [1.82, 2.24) is 4.98 Å². The van der Waals surface area contributed by atoms with Crippen LogP contribution in [-0.2, 0) is 12.8 Å². The highest BCUT2D eigenvalue weighted by atomic mass is 16.1. The monoisotopic (exact) mass is 237 g/mol. The normalized spacial score (nSPS) is 14.5. The van der Waals surface area contributed by atoms with Gasteiger partial charge in [0.15, 0.2) is 5.78 Å². The average Bonchev–Trinajstić information content (AvgIpc) is 2.82. The molecule has 0 saturated carbocycles. The molecule has 0 amide bonds. The molecule has 2 nitrogen and oxygen atoms in total. The fourth-order valence-electron chi connectivity index (χ4n) is 2.69. The van der Waals surface area contributed by atoms with E-state index in [0.29, 0.717) is 0 Å². The standard InChI is InChI=1S/C16H15NO/c1-11-6-7-17-10-15(11)16(18)14-8-12-4-2-3-5-13(12)9-14/h2-7,10,14H,8-9H2,1H3. The number of ketones is 1. The highest BCUT2D eigenvalue weighted by Gasteiger charge is 2.28. The van der Waals surface area contributed by atoms with E-state index in [9.17, 15) is 4.79 Å². The molecule has 0 unspecified atom stereocenters. The maximum Gasteiger partial charge on any atom is 0.168 e. The fourth-order valence-corrected chi connectivity index (χ4v) is 2.69. The van der Waals surface area contributed by atoms with Gasteiger partial charge in [0.25, 0.3) is 0 Å². The Bertz CT molecular complexity index is 579. The minimum absolute atomic E-state index is 0.0882. The van der Waals surface area contributed by atoms with E-state index >= 15 is 0 Å². The summed E-state index contributed by atoms with van der Waals surface area (Å²) in [6, 6.07) is 10.2. The summed E-state index contributed by atoms with van der Waals surface area (Å²) in [6.45, 7) is 1.97. The van der Waals surface area contributed by atoms with Crippen LogP contribution in [0, 0.1) is 12.8 Å². The molecule has 0 spiro atoms. The van der Waals surface area contributed by atoms with Crippen LogP contribution in [0.15, 0.2) is 42.7 Å². The van der Waals surface area contributed by atoms with Crippen LogP contribution in [-0.4, -0.2) is 10.8 Å². The third-order valence-electron chi connectivity index (χ3n) is 3.73. The van der Waals surface area contributed by atoms with Crippen LogP contribution < -0.4 is 0 Å². The molecule has 1 aromatic heterocycles. The number of benzene rings is 1. The Morgan fingerprint density at radius 2 is 1.83 bits per heavy atom. The molecule has 3 rings (SSSR count). The van der Waals surface area contributed by atoms with Gasteiger partial charge in [-0.1, -0.05) is 24.3 Å². The van der Waals surface area contributed by atoms with Gasteiger partial charge in [0.05, 0.1) is 0 Å². The molecule has 0 aliphatic heterocycles. The highest BCUT2D eigenvalue weighted by molar-refractivity contribution is 5.99. The summed E-state index contributed by atoms with van der Waals surface area (Å²) in [5.74, 6) is 0.321. The molecule has 0 radical (unpaired) electrons. The maximum atomic E-state index is 12.5. The van der Waals surface area contributed by atoms with Crippen molar-refractivity contribution in [3.8, 4) is 0 Å². The number of aromatic nitrogens is 1. The third kappa shape index (κ3) is 1.84. The second-order valence-electron chi connectivity index (χ2n) is 4.93. The molecule has 18 heavy (non-hydrogen) atoms. The minimum atomic E-state index is 0.0882. The van der Waals surface area contributed by atoms with Crippen molar-refractivity contribution in [2.24, 2.45) is 5.92 Å². The van der Waals surface area contributed by atoms with Crippen molar-refractivity contribution in [2.75, 3.05) is 0 Å². The number of aryl methyl sites for hydroxylation is 1. The zero-order valence-corrected chi connectivity index (χ0v) is 10.4. The largest absolute Gasteiger partial charge is 0.294 e. The highest BCUT2D eigenvalue weighted by Crippen LogP contribution is 2.29. The van der Waals surface area contributed by atoms with Crippen molar-refractivity contribution < 1.29 is 4.79 Å². The van der Waals surface area contributed by atoms with Crippen LogP contribution in [0.2, 0.25) is 0 Å². The van der Waals surface area contributed by atoms with E-state index in [0.717, 1.165) is 24.0 Å². The maximum absolute atomic E-state index is 12.5. The zero-order valence-electron chi connectivity index (χ0n) is 10.4. The molecule has 1 aliphatic carbocycles. The first-order valence-corrected chi connectivity index (χ1v) is 6.27. The van der Waals surface area contributed by atoms with Crippen molar-refractivity contribution in [2.45, 2.75) is 19.8 Å². The molecule has 0 saturated heterocycles. The van der Waals surface area contributed by atoms with Crippen molar-refractivity contribution in [3.63, 3.8) is 0 Å². The molecule has 0 atom stereocenters. The molecule has 90 valence electrons. The van der Waals surface area contributed by atoms with Crippen LogP contribution in [0.3, 0.4) is 0 Å². The molecule has 0 fully saturated rings. The summed E-state index contributed by atoms with van der Waals surface area (Å²) >= 11 is 0. The molecule has 2 aromatic rings. The average molecular weight is 237 g/mol. The van der Waals surface area contributed by atoms with Crippen LogP contribution >= 0.6 is 0 Å². The first-order valence-electron chi connectivity index (χ1n) is 6.27. The number of fused-ring (bicyclic) bond motifs is 1. The number of nitrogens with zero attached hydrogens (tertiary/aromatic N) is 1. The number of pyridine rings is 1. The van der Waals surface area contributed by atoms with Gasteiger partial charge in [0.1, 0.15) is 0 Å². The van der Waals surface area contributed by atoms with E-state index < -0.39 is 0 Å². The summed E-state index contributed by atoms with van der Waals surface area (Å²) in [5, 5.41) is 0. The van der Waals surface area contributed by atoms with Crippen molar-refractivity contribution >= 4 is 5.78 Å². The molecule has 1 heterocycles. The lowest BCUT2D eigenvalue weighted by molar-refractivity contribution is 0.0923. The number of hydrogen-bond donors (Lipinski definition) is 0. The summed E-state index contributed by atoms with van der Waals surface area (Å²) in [6.07, 6.45) is 5.16. The molecule has 0 bridgehead atoms. The van der Waals surface area contributed by atoms with E-state index in [2.05, 4.69) is 17.1 Å². The van der Waals surface area contributed by atoms with Crippen LogP contribution in [0.25, 0.3) is 0 Å². The van der Waals surface area contributed by atoms with Gasteiger partial charge in [0.2, 0.25) is 0 Å². The lowest BCUT2D eigenvalue weighted by atomic mass is 9.94. The Kier molecular flexibility index (Phi) is 2.71. The van der Waals surface area contributed by atoms with E-state index in [1.165, 1.54) is 11.1 Å². The lowest BCUT2D eigenvalue weighted by Crippen LogP contribution is -2.16. The zero-order chi connectivity index (χ0) is 12.5. The van der Waals surface area contributed by atoms with E-state index in [1.54, 1.807) is 12.4 Å². The van der Waals surface area contributed by atoms with Gasteiger partial charge in [-0.15, -0.1) is 0 Å². The number of carbonyl (C=O) groups is 1. The van der Waals surface area contributed by atoms with Gasteiger partial charge in [-0.05, 0) is 42.5 Å². The van der Waals surface area contributed by atoms with Gasteiger partial charge in [-0.3, -0.25) is 9.78 Å². The second-order valence-corrected chi connectivity index (χ2v) is 4.93. The molecule has 0 N–H and O–H groups in total. The van der Waals surface area contributed by atoms with Crippen LogP contribution in [0.1, 0.15) is 27.0 Å². The van der Waals surface area contributed by atoms with E-state index in [1.807, 2.05) is 25.1 Å². The van der Waals surface area contributed by atoms with Crippen LogP contribution in [0.4, 0.5) is 0 Å². The molecular formula is C16H15NO. The first kappa shape index (κ1) is 11.1. The topological polar surface area (TPSA) is 30.0 Å². The fraction of sp³-hybridized carbons (Fsp3) is 0.250. The van der Waals surface area contributed by atoms with Gasteiger partial charge in [0, 0.05) is 23.9 Å².